The second-order valence-corrected chi connectivity index (χ2v) is 10.1. The molecule has 0 aliphatic carbocycles. The van der Waals surface area contributed by atoms with Gasteiger partial charge in [-0.2, -0.15) is 19.2 Å². The first-order chi connectivity index (χ1) is 22.0. The lowest BCUT2D eigenvalue weighted by atomic mass is 10.0. The smallest absolute Gasteiger partial charge is 0.373 e. The molecule has 0 radical (unpaired) electrons. The normalized spacial score (nSPS) is 13.0. The van der Waals surface area contributed by atoms with Gasteiger partial charge in [-0.05, 0) is 55.7 Å². The topological polar surface area (TPSA) is 183 Å². The molecule has 0 unspecified atom stereocenters. The molecule has 1 aliphatic rings. The van der Waals surface area contributed by atoms with E-state index in [4.69, 9.17) is 50.0 Å². The van der Waals surface area contributed by atoms with E-state index in [9.17, 15) is 0 Å². The van der Waals surface area contributed by atoms with E-state index in [1.54, 1.807) is 30.5 Å². The van der Waals surface area contributed by atoms with Crippen molar-refractivity contribution in [3.05, 3.63) is 126 Å². The molecule has 10 nitrogen and oxygen atoms in total. The fourth-order valence-corrected chi connectivity index (χ4v) is 4.02. The van der Waals surface area contributed by atoms with Gasteiger partial charge >= 0.3 is 12.3 Å². The molecule has 3 atom stereocenters. The van der Waals surface area contributed by atoms with E-state index in [0.29, 0.717) is 5.92 Å². The van der Waals surface area contributed by atoms with Crippen LogP contribution in [0.1, 0.15) is 61.0 Å². The molecule has 0 amide bonds. The van der Waals surface area contributed by atoms with Crippen molar-refractivity contribution in [2.24, 2.45) is 11.5 Å². The van der Waals surface area contributed by atoms with Gasteiger partial charge in [0.1, 0.15) is 22.8 Å². The Kier molecular flexibility index (Phi) is 17.8. The Balaban J connectivity index is 0.000000291. The summed E-state index contributed by atoms with van der Waals surface area (Å²) in [6, 6.07) is 30.8. The number of carbonyl (C=O) groups excluding carboxylic acids is 4. The standard InChI is InChI=1S/C9H10O2.C9H8O2.2C8H11N.2CO2/c2*1-6-5-11-9-4-7(10)2-3-8(6)9;2*1-7(9)8-5-3-2-4-6-8;2*2-1-3/h2-4,6,10H,5H2,1H3;2-5,10H,1H3;2*2-7H,9H2,1H3;;/t6-;;2*7-;;/m1.11../s1. The lowest BCUT2D eigenvalue weighted by Crippen LogP contribution is -2.03. The summed E-state index contributed by atoms with van der Waals surface area (Å²) in [6.45, 7) is 8.79. The second kappa shape index (κ2) is 21.2. The molecule has 1 aliphatic heterocycles. The molecular formula is C36H40N2O8. The van der Waals surface area contributed by atoms with Gasteiger partial charge in [0, 0.05) is 41.1 Å². The number of benzene rings is 4. The van der Waals surface area contributed by atoms with Gasteiger partial charge in [0.2, 0.25) is 0 Å². The molecule has 1 aromatic heterocycles. The molecule has 46 heavy (non-hydrogen) atoms. The highest BCUT2D eigenvalue weighted by molar-refractivity contribution is 5.81. The molecule has 0 spiro atoms. The van der Waals surface area contributed by atoms with Crippen LogP contribution in [-0.2, 0) is 19.2 Å². The third-order valence-corrected chi connectivity index (χ3v) is 6.42. The van der Waals surface area contributed by atoms with Crippen molar-refractivity contribution in [3.8, 4) is 17.2 Å². The van der Waals surface area contributed by atoms with Crippen molar-refractivity contribution in [2.75, 3.05) is 6.61 Å². The van der Waals surface area contributed by atoms with Crippen LogP contribution < -0.4 is 16.2 Å². The molecule has 6 rings (SSSR count). The molecule has 5 aromatic rings. The van der Waals surface area contributed by atoms with Gasteiger partial charge in [-0.3, -0.25) is 0 Å². The van der Waals surface area contributed by atoms with Gasteiger partial charge in [-0.25, -0.2) is 0 Å². The number of rotatable bonds is 2. The molecular weight excluding hydrogens is 588 g/mol. The van der Waals surface area contributed by atoms with Crippen LogP contribution in [0.5, 0.6) is 17.2 Å². The number of nitrogens with two attached hydrogens (primary N) is 2. The highest BCUT2D eigenvalue weighted by Crippen LogP contribution is 2.35. The van der Waals surface area contributed by atoms with Gasteiger partial charge in [0.15, 0.2) is 0 Å². The van der Waals surface area contributed by atoms with Crippen molar-refractivity contribution in [1.82, 2.24) is 0 Å². The molecule has 0 bridgehead atoms. The fourth-order valence-electron chi connectivity index (χ4n) is 4.02. The third-order valence-electron chi connectivity index (χ3n) is 6.42. The molecule has 6 N–H and O–H groups in total. The number of aromatic hydroxyl groups is 2. The number of hydrogen-bond acceptors (Lipinski definition) is 10. The first-order valence-electron chi connectivity index (χ1n) is 14.2. The Bertz CT molecular complexity index is 1580. The minimum absolute atomic E-state index is 0.159. The Morgan fingerprint density at radius 1 is 0.739 bits per heavy atom. The van der Waals surface area contributed by atoms with E-state index in [1.807, 2.05) is 93.6 Å². The molecule has 4 aromatic carbocycles. The first-order valence-corrected chi connectivity index (χ1v) is 14.2. The summed E-state index contributed by atoms with van der Waals surface area (Å²) in [7, 11) is 0. The summed E-state index contributed by atoms with van der Waals surface area (Å²) >= 11 is 0. The Labute approximate surface area is 268 Å². The SMILES string of the molecule is C[C@@H](N)c1ccccc1.C[C@@H](N)c1ccccc1.C[C@@H]1COc2cc(O)ccc21.Cc1coc2cc(O)ccc12.O=C=O.O=C=O. The maximum Gasteiger partial charge on any atom is 0.373 e. The largest absolute Gasteiger partial charge is 0.508 e. The lowest BCUT2D eigenvalue weighted by Gasteiger charge is -2.02. The fraction of sp³-hybridized carbons (Fsp3) is 0.222. The Morgan fingerprint density at radius 2 is 1.20 bits per heavy atom. The lowest BCUT2D eigenvalue weighted by molar-refractivity contribution is -0.193. The number of hydrogen-bond donors (Lipinski definition) is 4. The monoisotopic (exact) mass is 628 g/mol. The Hall–Kier alpha value is -5.50. The average Bonchev–Trinajstić information content (AvgIpc) is 3.60. The Morgan fingerprint density at radius 3 is 1.65 bits per heavy atom. The molecule has 0 saturated carbocycles. The summed E-state index contributed by atoms with van der Waals surface area (Å²) in [6.07, 6.45) is 2.18. The highest BCUT2D eigenvalue weighted by Gasteiger charge is 2.19. The molecule has 2 heterocycles. The van der Waals surface area contributed by atoms with Crippen molar-refractivity contribution < 1.29 is 38.5 Å². The highest BCUT2D eigenvalue weighted by atomic mass is 16.5. The summed E-state index contributed by atoms with van der Waals surface area (Å²) in [4.78, 5) is 32.5. The van der Waals surface area contributed by atoms with Crippen LogP contribution in [0, 0.1) is 6.92 Å². The zero-order valence-electron chi connectivity index (χ0n) is 26.3. The second-order valence-electron chi connectivity index (χ2n) is 10.1. The summed E-state index contributed by atoms with van der Waals surface area (Å²) < 4.78 is 10.5. The van der Waals surface area contributed by atoms with Crippen LogP contribution in [0.25, 0.3) is 11.0 Å². The van der Waals surface area contributed by atoms with Gasteiger partial charge in [0.25, 0.3) is 0 Å². The zero-order valence-corrected chi connectivity index (χ0v) is 26.3. The van der Waals surface area contributed by atoms with E-state index in [1.165, 1.54) is 16.7 Å². The number of phenolic OH excluding ortho intramolecular Hbond substituents is 2. The van der Waals surface area contributed by atoms with Crippen molar-refractivity contribution >= 4 is 23.3 Å². The van der Waals surface area contributed by atoms with Gasteiger partial charge in [0.05, 0.1) is 12.9 Å². The van der Waals surface area contributed by atoms with E-state index in [2.05, 4.69) is 6.92 Å². The molecule has 242 valence electrons. The van der Waals surface area contributed by atoms with Gasteiger partial charge in [-0.15, -0.1) is 0 Å². The predicted octanol–water partition coefficient (Wildman–Crippen LogP) is 6.58. The zero-order chi connectivity index (χ0) is 34.5. The van der Waals surface area contributed by atoms with Crippen LogP contribution >= 0.6 is 0 Å². The maximum atomic E-state index is 9.10. The van der Waals surface area contributed by atoms with Gasteiger partial charge in [-0.1, -0.05) is 73.7 Å². The van der Waals surface area contributed by atoms with Gasteiger partial charge < -0.3 is 30.8 Å². The van der Waals surface area contributed by atoms with Crippen LogP contribution in [0.3, 0.4) is 0 Å². The van der Waals surface area contributed by atoms with E-state index < -0.39 is 0 Å². The van der Waals surface area contributed by atoms with Crippen molar-refractivity contribution in [1.29, 1.82) is 0 Å². The van der Waals surface area contributed by atoms with Crippen LogP contribution in [0.2, 0.25) is 0 Å². The van der Waals surface area contributed by atoms with Crippen molar-refractivity contribution in [3.63, 3.8) is 0 Å². The van der Waals surface area contributed by atoms with E-state index >= 15 is 0 Å². The maximum absolute atomic E-state index is 9.10. The third kappa shape index (κ3) is 13.9. The first kappa shape index (κ1) is 38.5. The number of fused-ring (bicyclic) bond motifs is 2. The minimum atomic E-state index is 0.159. The van der Waals surface area contributed by atoms with E-state index in [-0.39, 0.29) is 35.9 Å². The molecule has 10 heteroatoms. The number of furan rings is 1. The number of ether oxygens (including phenoxy) is 1. The number of phenols is 2. The number of aryl methyl sites for hydroxylation is 1. The molecule has 0 saturated heterocycles. The van der Waals surface area contributed by atoms with Crippen LogP contribution in [0.4, 0.5) is 0 Å². The van der Waals surface area contributed by atoms with E-state index in [0.717, 1.165) is 28.9 Å². The molecule has 0 fully saturated rings. The minimum Gasteiger partial charge on any atom is -0.508 e. The average molecular weight is 629 g/mol. The summed E-state index contributed by atoms with van der Waals surface area (Å²) in [5.41, 5.74) is 16.6. The predicted molar refractivity (Wildman–Crippen MR) is 173 cm³/mol. The quantitative estimate of drug-likeness (QED) is 0.166. The summed E-state index contributed by atoms with van der Waals surface area (Å²) in [5.74, 6) is 1.81. The van der Waals surface area contributed by atoms with Crippen LogP contribution in [0.15, 0.2) is 108 Å². The van der Waals surface area contributed by atoms with Crippen molar-refractivity contribution in [2.45, 2.75) is 45.7 Å². The van der Waals surface area contributed by atoms with Crippen LogP contribution in [-0.4, -0.2) is 29.1 Å². The summed E-state index contributed by atoms with van der Waals surface area (Å²) in [5, 5.41) is 19.2.